The van der Waals surface area contributed by atoms with Gasteiger partial charge in [-0.2, -0.15) is 0 Å². The van der Waals surface area contributed by atoms with Crippen LogP contribution in [0.25, 0.3) is 0 Å². The molecule has 0 heterocycles. The van der Waals surface area contributed by atoms with E-state index in [1.165, 1.54) is 11.1 Å². The highest BCUT2D eigenvalue weighted by molar-refractivity contribution is 5.27. The van der Waals surface area contributed by atoms with Crippen LogP contribution in [0.3, 0.4) is 0 Å². The second kappa shape index (κ2) is 9.05. The van der Waals surface area contributed by atoms with E-state index in [0.717, 1.165) is 19.5 Å². The molecule has 0 saturated carbocycles. The molecule has 0 saturated heterocycles. The summed E-state index contributed by atoms with van der Waals surface area (Å²) in [6.07, 6.45) is 1.09. The Morgan fingerprint density at radius 1 is 1.22 bits per heavy atom. The lowest BCUT2D eigenvalue weighted by Gasteiger charge is -2.15. The van der Waals surface area contributed by atoms with Gasteiger partial charge in [0.05, 0.1) is 12.7 Å². The summed E-state index contributed by atoms with van der Waals surface area (Å²) in [5, 5.41) is 3.38. The molecule has 102 valence electrons. The van der Waals surface area contributed by atoms with Crippen molar-refractivity contribution >= 4 is 0 Å². The maximum Gasteiger partial charge on any atom is 0.0928 e. The molecule has 0 aromatic heterocycles. The van der Waals surface area contributed by atoms with Gasteiger partial charge < -0.3 is 20.5 Å². The van der Waals surface area contributed by atoms with Crippen molar-refractivity contribution in [3.8, 4) is 0 Å². The molecule has 3 N–H and O–H groups in total. The highest BCUT2D eigenvalue weighted by Crippen LogP contribution is 2.07. The van der Waals surface area contributed by atoms with Crippen molar-refractivity contribution in [1.82, 2.24) is 5.32 Å². The van der Waals surface area contributed by atoms with Crippen molar-refractivity contribution in [3.63, 3.8) is 0 Å². The van der Waals surface area contributed by atoms with Crippen LogP contribution < -0.4 is 11.1 Å². The SMILES string of the molecule is COCC(CNCCc1ccccc1CN)OC. The van der Waals surface area contributed by atoms with Crippen LogP contribution in [0.5, 0.6) is 0 Å². The van der Waals surface area contributed by atoms with Gasteiger partial charge in [0.25, 0.3) is 0 Å². The second-order valence-electron chi connectivity index (χ2n) is 4.24. The average Bonchev–Trinajstić information content (AvgIpc) is 2.42. The number of hydrogen-bond donors (Lipinski definition) is 2. The Balaban J connectivity index is 2.28. The number of nitrogens with two attached hydrogens (primary N) is 1. The van der Waals surface area contributed by atoms with E-state index in [2.05, 4.69) is 23.5 Å². The zero-order chi connectivity index (χ0) is 13.2. The predicted octanol–water partition coefficient (Wildman–Crippen LogP) is 0.939. The van der Waals surface area contributed by atoms with E-state index < -0.39 is 0 Å². The molecule has 1 atom stereocenters. The van der Waals surface area contributed by atoms with E-state index in [1.54, 1.807) is 14.2 Å². The summed E-state index contributed by atoms with van der Waals surface area (Å²) in [6, 6.07) is 8.29. The first-order valence-corrected chi connectivity index (χ1v) is 6.31. The first-order valence-electron chi connectivity index (χ1n) is 6.31. The van der Waals surface area contributed by atoms with Crippen molar-refractivity contribution < 1.29 is 9.47 Å². The summed E-state index contributed by atoms with van der Waals surface area (Å²) in [5.74, 6) is 0. The highest BCUT2D eigenvalue weighted by atomic mass is 16.5. The van der Waals surface area contributed by atoms with Crippen LogP contribution in [0.4, 0.5) is 0 Å². The van der Waals surface area contributed by atoms with Crippen molar-refractivity contribution in [3.05, 3.63) is 35.4 Å². The van der Waals surface area contributed by atoms with Gasteiger partial charge in [-0.3, -0.25) is 0 Å². The molecule has 1 aromatic carbocycles. The molecule has 4 heteroatoms. The largest absolute Gasteiger partial charge is 0.382 e. The Morgan fingerprint density at radius 2 is 1.94 bits per heavy atom. The summed E-state index contributed by atoms with van der Waals surface area (Å²) in [6.45, 7) is 2.93. The minimum atomic E-state index is 0.111. The van der Waals surface area contributed by atoms with E-state index in [0.29, 0.717) is 13.2 Å². The third-order valence-electron chi connectivity index (χ3n) is 2.97. The molecule has 0 aliphatic rings. The Morgan fingerprint density at radius 3 is 2.56 bits per heavy atom. The molecule has 1 aromatic rings. The first kappa shape index (κ1) is 15.1. The Kier molecular flexibility index (Phi) is 7.60. The average molecular weight is 252 g/mol. The fourth-order valence-electron chi connectivity index (χ4n) is 1.88. The van der Waals surface area contributed by atoms with E-state index in [1.807, 2.05) is 6.07 Å². The van der Waals surface area contributed by atoms with Crippen molar-refractivity contribution in [2.75, 3.05) is 33.9 Å². The molecular formula is C14H24N2O2. The third-order valence-corrected chi connectivity index (χ3v) is 2.97. The first-order chi connectivity index (χ1) is 8.81. The van der Waals surface area contributed by atoms with Gasteiger partial charge in [-0.1, -0.05) is 24.3 Å². The topological polar surface area (TPSA) is 56.5 Å². The molecule has 18 heavy (non-hydrogen) atoms. The lowest BCUT2D eigenvalue weighted by molar-refractivity contribution is 0.0291. The van der Waals surface area contributed by atoms with Gasteiger partial charge in [-0.15, -0.1) is 0 Å². The van der Waals surface area contributed by atoms with Gasteiger partial charge in [0.2, 0.25) is 0 Å². The second-order valence-corrected chi connectivity index (χ2v) is 4.24. The standard InChI is InChI=1S/C14H24N2O2/c1-17-11-14(18-2)10-16-8-7-12-5-3-4-6-13(12)9-15/h3-6,14,16H,7-11,15H2,1-2H3. The summed E-state index contributed by atoms with van der Waals surface area (Å²) in [4.78, 5) is 0. The van der Waals surface area contributed by atoms with Crippen LogP contribution in [-0.4, -0.2) is 40.0 Å². The Hall–Kier alpha value is -0.940. The van der Waals surface area contributed by atoms with E-state index >= 15 is 0 Å². The lowest BCUT2D eigenvalue weighted by atomic mass is 10.0. The van der Waals surface area contributed by atoms with Gasteiger partial charge >= 0.3 is 0 Å². The molecule has 0 radical (unpaired) electrons. The van der Waals surface area contributed by atoms with Gasteiger partial charge in [0, 0.05) is 27.3 Å². The van der Waals surface area contributed by atoms with E-state index in [-0.39, 0.29) is 6.10 Å². The lowest BCUT2D eigenvalue weighted by Crippen LogP contribution is -2.33. The highest BCUT2D eigenvalue weighted by Gasteiger charge is 2.06. The van der Waals surface area contributed by atoms with Crippen LogP contribution in [0.2, 0.25) is 0 Å². The summed E-state index contributed by atoms with van der Waals surface area (Å²) < 4.78 is 10.3. The molecule has 0 aliphatic heterocycles. The van der Waals surface area contributed by atoms with Gasteiger partial charge in [-0.25, -0.2) is 0 Å². The minimum Gasteiger partial charge on any atom is -0.382 e. The Bertz CT molecular complexity index is 331. The molecule has 0 bridgehead atoms. The third kappa shape index (κ3) is 5.14. The minimum absolute atomic E-state index is 0.111. The van der Waals surface area contributed by atoms with Crippen molar-refractivity contribution in [2.45, 2.75) is 19.1 Å². The zero-order valence-electron chi connectivity index (χ0n) is 11.3. The molecule has 1 rings (SSSR count). The predicted molar refractivity (Wildman–Crippen MR) is 73.6 cm³/mol. The number of rotatable bonds is 9. The van der Waals surface area contributed by atoms with Gasteiger partial charge in [-0.05, 0) is 24.1 Å². The number of ether oxygens (including phenoxy) is 2. The summed E-state index contributed by atoms with van der Waals surface area (Å²) in [7, 11) is 3.39. The quantitative estimate of drug-likeness (QED) is 0.642. The van der Waals surface area contributed by atoms with Gasteiger partial charge in [0.15, 0.2) is 0 Å². The monoisotopic (exact) mass is 252 g/mol. The Labute approximate surface area is 109 Å². The van der Waals surface area contributed by atoms with Crippen LogP contribution in [0.1, 0.15) is 11.1 Å². The van der Waals surface area contributed by atoms with Crippen LogP contribution >= 0.6 is 0 Å². The number of hydrogen-bond acceptors (Lipinski definition) is 4. The molecule has 4 nitrogen and oxygen atoms in total. The van der Waals surface area contributed by atoms with E-state index in [4.69, 9.17) is 15.2 Å². The maximum atomic E-state index is 5.71. The maximum absolute atomic E-state index is 5.71. The fourth-order valence-corrected chi connectivity index (χ4v) is 1.88. The molecule has 0 spiro atoms. The zero-order valence-corrected chi connectivity index (χ0v) is 11.3. The summed E-state index contributed by atoms with van der Waals surface area (Å²) in [5.41, 5.74) is 8.24. The molecule has 0 amide bonds. The number of nitrogens with one attached hydrogen (secondary N) is 1. The van der Waals surface area contributed by atoms with Crippen LogP contribution in [-0.2, 0) is 22.4 Å². The van der Waals surface area contributed by atoms with Gasteiger partial charge in [0.1, 0.15) is 0 Å². The molecular weight excluding hydrogens is 228 g/mol. The van der Waals surface area contributed by atoms with E-state index in [9.17, 15) is 0 Å². The van der Waals surface area contributed by atoms with Crippen LogP contribution in [0.15, 0.2) is 24.3 Å². The molecule has 0 aliphatic carbocycles. The van der Waals surface area contributed by atoms with Crippen molar-refractivity contribution in [2.24, 2.45) is 5.73 Å². The fraction of sp³-hybridized carbons (Fsp3) is 0.571. The van der Waals surface area contributed by atoms with Crippen molar-refractivity contribution in [1.29, 1.82) is 0 Å². The number of methoxy groups -OCH3 is 2. The molecule has 0 fully saturated rings. The summed E-state index contributed by atoms with van der Waals surface area (Å²) >= 11 is 0. The number of benzene rings is 1. The smallest absolute Gasteiger partial charge is 0.0928 e. The van der Waals surface area contributed by atoms with Crippen LogP contribution in [0, 0.1) is 0 Å². The normalized spacial score (nSPS) is 12.6. The molecule has 1 unspecified atom stereocenters.